The van der Waals surface area contributed by atoms with E-state index < -0.39 is 5.91 Å². The van der Waals surface area contributed by atoms with E-state index in [0.717, 1.165) is 15.6 Å². The van der Waals surface area contributed by atoms with Gasteiger partial charge in [-0.25, -0.2) is 0 Å². The normalized spacial score (nSPS) is 9.88. The monoisotopic (exact) mass is 415 g/mol. The average molecular weight is 416 g/mol. The number of hydrogen-bond donors (Lipinski definition) is 2. The van der Waals surface area contributed by atoms with Crippen LogP contribution in [0, 0.1) is 18.3 Å². The van der Waals surface area contributed by atoms with Crippen LogP contribution in [-0.2, 0) is 16.0 Å². The molecule has 2 aromatic rings. The lowest BCUT2D eigenvalue weighted by molar-refractivity contribution is -0.125. The van der Waals surface area contributed by atoms with Crippen LogP contribution in [-0.4, -0.2) is 25.0 Å². The van der Waals surface area contributed by atoms with Crippen molar-refractivity contribution in [2.24, 2.45) is 0 Å². The zero-order valence-corrected chi connectivity index (χ0v) is 15.8. The summed E-state index contributed by atoms with van der Waals surface area (Å²) in [5.41, 5.74) is 2.49. The maximum absolute atomic E-state index is 11.9. The molecule has 2 rings (SSSR count). The predicted molar refractivity (Wildman–Crippen MR) is 102 cm³/mol. The highest BCUT2D eigenvalue weighted by atomic mass is 79.9. The molecule has 134 valence electrons. The van der Waals surface area contributed by atoms with Gasteiger partial charge < -0.3 is 15.4 Å². The van der Waals surface area contributed by atoms with Gasteiger partial charge in [-0.05, 0) is 48.4 Å². The number of anilines is 1. The Morgan fingerprint density at radius 1 is 1.15 bits per heavy atom. The maximum Gasteiger partial charge on any atom is 0.258 e. The van der Waals surface area contributed by atoms with Crippen molar-refractivity contribution in [1.29, 1.82) is 5.26 Å². The fraction of sp³-hybridized carbons (Fsp3) is 0.211. The molecule has 0 aliphatic heterocycles. The Bertz CT molecular complexity index is 829. The van der Waals surface area contributed by atoms with Crippen molar-refractivity contribution >= 4 is 33.4 Å². The number of carbonyl (C=O) groups is 2. The number of nitrogens with zero attached hydrogens (tertiary/aromatic N) is 1. The zero-order chi connectivity index (χ0) is 18.9. The van der Waals surface area contributed by atoms with Gasteiger partial charge in [0.2, 0.25) is 5.91 Å². The van der Waals surface area contributed by atoms with Crippen LogP contribution < -0.4 is 15.4 Å². The fourth-order valence-electron chi connectivity index (χ4n) is 2.14. The van der Waals surface area contributed by atoms with E-state index in [1.54, 1.807) is 30.3 Å². The lowest BCUT2D eigenvalue weighted by Crippen LogP contribution is -2.35. The molecule has 0 atom stereocenters. The van der Waals surface area contributed by atoms with Crippen molar-refractivity contribution in [1.82, 2.24) is 5.32 Å². The quantitative estimate of drug-likeness (QED) is 0.726. The Morgan fingerprint density at radius 3 is 2.54 bits per heavy atom. The summed E-state index contributed by atoms with van der Waals surface area (Å²) >= 11 is 3.36. The molecule has 0 aliphatic carbocycles. The molecule has 0 radical (unpaired) electrons. The molecule has 0 bridgehead atoms. The van der Waals surface area contributed by atoms with Crippen molar-refractivity contribution in [3.05, 3.63) is 58.1 Å². The zero-order valence-electron chi connectivity index (χ0n) is 14.2. The van der Waals surface area contributed by atoms with E-state index in [1.165, 1.54) is 0 Å². The highest BCUT2D eigenvalue weighted by Crippen LogP contribution is 2.19. The number of rotatable bonds is 7. The molecule has 6 nitrogen and oxygen atoms in total. The minimum Gasteiger partial charge on any atom is -0.484 e. The van der Waals surface area contributed by atoms with Gasteiger partial charge in [0.05, 0.1) is 19.0 Å². The van der Waals surface area contributed by atoms with E-state index in [1.807, 2.05) is 19.1 Å². The number of carbonyl (C=O) groups excluding carboxylic acids is 2. The third-order valence-electron chi connectivity index (χ3n) is 3.49. The van der Waals surface area contributed by atoms with E-state index in [9.17, 15) is 9.59 Å². The summed E-state index contributed by atoms with van der Waals surface area (Å²) in [6.45, 7) is 1.55. The smallest absolute Gasteiger partial charge is 0.258 e. The Balaban J connectivity index is 1.74. The SMILES string of the molecule is Cc1cc(Br)ccc1NC(=O)CNC(=O)COc1ccc(CC#N)cc1. The standard InChI is InChI=1S/C19H18BrN3O3/c1-13-10-15(20)4-7-17(13)23-18(24)11-22-19(25)12-26-16-5-2-14(3-6-16)8-9-21/h2-7,10H,8,11-12H2,1H3,(H,22,25)(H,23,24). The number of nitrogens with one attached hydrogen (secondary N) is 2. The molecule has 0 saturated heterocycles. The van der Waals surface area contributed by atoms with Crippen LogP contribution >= 0.6 is 15.9 Å². The summed E-state index contributed by atoms with van der Waals surface area (Å²) in [6, 6.07) is 14.5. The third kappa shape index (κ3) is 6.22. The highest BCUT2D eigenvalue weighted by Gasteiger charge is 2.08. The van der Waals surface area contributed by atoms with Crippen molar-refractivity contribution in [3.8, 4) is 11.8 Å². The van der Waals surface area contributed by atoms with Crippen molar-refractivity contribution in [2.45, 2.75) is 13.3 Å². The molecule has 2 amide bonds. The fourth-order valence-corrected chi connectivity index (χ4v) is 2.61. The van der Waals surface area contributed by atoms with Gasteiger partial charge in [-0.2, -0.15) is 5.26 Å². The average Bonchev–Trinajstić information content (AvgIpc) is 2.62. The Morgan fingerprint density at radius 2 is 1.88 bits per heavy atom. The molecule has 26 heavy (non-hydrogen) atoms. The van der Waals surface area contributed by atoms with E-state index in [-0.39, 0.29) is 19.1 Å². The summed E-state index contributed by atoms with van der Waals surface area (Å²) in [4.78, 5) is 23.7. The summed E-state index contributed by atoms with van der Waals surface area (Å²) < 4.78 is 6.28. The number of aryl methyl sites for hydroxylation is 1. The van der Waals surface area contributed by atoms with Crippen molar-refractivity contribution in [3.63, 3.8) is 0 Å². The lowest BCUT2D eigenvalue weighted by atomic mass is 10.2. The van der Waals surface area contributed by atoms with Crippen molar-refractivity contribution < 1.29 is 14.3 Å². The van der Waals surface area contributed by atoms with E-state index in [0.29, 0.717) is 17.9 Å². The Hall–Kier alpha value is -2.85. The summed E-state index contributed by atoms with van der Waals surface area (Å²) in [5.74, 6) is -0.185. The topological polar surface area (TPSA) is 91.2 Å². The van der Waals surface area contributed by atoms with Gasteiger partial charge in [-0.1, -0.05) is 28.1 Å². The second-order valence-electron chi connectivity index (χ2n) is 5.55. The minimum absolute atomic E-state index is 0.140. The van der Waals surface area contributed by atoms with E-state index in [4.69, 9.17) is 10.00 Å². The van der Waals surface area contributed by atoms with Crippen LogP contribution in [0.4, 0.5) is 5.69 Å². The first kappa shape index (κ1) is 19.5. The predicted octanol–water partition coefficient (Wildman–Crippen LogP) is 2.96. The number of halogens is 1. The van der Waals surface area contributed by atoms with Gasteiger partial charge >= 0.3 is 0 Å². The molecule has 2 aromatic carbocycles. The van der Waals surface area contributed by atoms with Crippen LogP contribution in [0.3, 0.4) is 0 Å². The Kier molecular flexibility index (Phi) is 7.18. The van der Waals surface area contributed by atoms with Crippen LogP contribution in [0.15, 0.2) is 46.9 Å². The van der Waals surface area contributed by atoms with Crippen molar-refractivity contribution in [2.75, 3.05) is 18.5 Å². The molecule has 0 saturated carbocycles. The lowest BCUT2D eigenvalue weighted by Gasteiger charge is -2.10. The van der Waals surface area contributed by atoms with Gasteiger partial charge in [0.15, 0.2) is 6.61 Å². The molecule has 0 spiro atoms. The molecule has 0 aliphatic rings. The molecular formula is C19H18BrN3O3. The molecule has 2 N–H and O–H groups in total. The summed E-state index contributed by atoms with van der Waals surface area (Å²) in [7, 11) is 0. The molecule has 7 heteroatoms. The molecule has 0 fully saturated rings. The number of benzene rings is 2. The van der Waals surface area contributed by atoms with Gasteiger partial charge in [0.1, 0.15) is 5.75 Å². The largest absolute Gasteiger partial charge is 0.484 e. The van der Waals surface area contributed by atoms with Gasteiger partial charge in [0.25, 0.3) is 5.91 Å². The van der Waals surface area contributed by atoms with E-state index in [2.05, 4.69) is 32.6 Å². The van der Waals surface area contributed by atoms with Crippen LogP contribution in [0.1, 0.15) is 11.1 Å². The maximum atomic E-state index is 11.9. The second kappa shape index (κ2) is 9.59. The molecular weight excluding hydrogens is 398 g/mol. The summed E-state index contributed by atoms with van der Waals surface area (Å²) in [5, 5.41) is 13.9. The third-order valence-corrected chi connectivity index (χ3v) is 3.98. The van der Waals surface area contributed by atoms with Gasteiger partial charge in [-0.3, -0.25) is 9.59 Å². The molecule has 0 aromatic heterocycles. The Labute approximate surface area is 160 Å². The molecule has 0 heterocycles. The molecule has 0 unspecified atom stereocenters. The second-order valence-corrected chi connectivity index (χ2v) is 6.47. The number of nitriles is 1. The number of amides is 2. The first-order valence-corrected chi connectivity index (χ1v) is 8.68. The van der Waals surface area contributed by atoms with Gasteiger partial charge in [-0.15, -0.1) is 0 Å². The number of ether oxygens (including phenoxy) is 1. The summed E-state index contributed by atoms with van der Waals surface area (Å²) in [6.07, 6.45) is 0.327. The first-order valence-electron chi connectivity index (χ1n) is 7.89. The highest BCUT2D eigenvalue weighted by molar-refractivity contribution is 9.10. The van der Waals surface area contributed by atoms with Crippen LogP contribution in [0.25, 0.3) is 0 Å². The van der Waals surface area contributed by atoms with E-state index >= 15 is 0 Å². The number of hydrogen-bond acceptors (Lipinski definition) is 4. The van der Waals surface area contributed by atoms with Crippen LogP contribution in [0.5, 0.6) is 5.75 Å². The van der Waals surface area contributed by atoms with Crippen LogP contribution in [0.2, 0.25) is 0 Å². The van der Waals surface area contributed by atoms with Gasteiger partial charge in [0, 0.05) is 10.2 Å². The first-order chi connectivity index (χ1) is 12.5. The minimum atomic E-state index is -0.395.